The van der Waals surface area contributed by atoms with Gasteiger partial charge in [0.25, 0.3) is 5.91 Å². The van der Waals surface area contributed by atoms with Gasteiger partial charge in [-0.1, -0.05) is 26.7 Å². The largest absolute Gasteiger partial charge is 0.464 e. The van der Waals surface area contributed by atoms with Gasteiger partial charge in [0.15, 0.2) is 0 Å². The summed E-state index contributed by atoms with van der Waals surface area (Å²) in [6.07, 6.45) is 3.71. The number of aromatic nitrogens is 1. The number of amides is 3. The Hall–Kier alpha value is -4.68. The highest BCUT2D eigenvalue weighted by Crippen LogP contribution is 2.46. The highest BCUT2D eigenvalue weighted by atomic mass is 19.4. The smallest absolute Gasteiger partial charge is 0.406 e. The van der Waals surface area contributed by atoms with Gasteiger partial charge in [-0.3, -0.25) is 43.9 Å². The molecule has 81 heavy (non-hydrogen) atoms. The summed E-state index contributed by atoms with van der Waals surface area (Å²) < 4.78 is 71.8. The zero-order chi connectivity index (χ0) is 56.4. The van der Waals surface area contributed by atoms with Crippen LogP contribution in [-0.4, -0.2) is 226 Å². The molecule has 1 spiro atoms. The molecule has 2 aromatic rings. The van der Waals surface area contributed by atoms with Crippen molar-refractivity contribution in [3.05, 3.63) is 35.2 Å². The lowest BCUT2D eigenvalue weighted by Crippen LogP contribution is -2.62. The number of likely N-dealkylation sites (tertiary alicyclic amines) is 2. The number of benzene rings is 1. The minimum atomic E-state index is -4.58. The lowest BCUT2D eigenvalue weighted by Gasteiger charge is -2.46. The number of aliphatic imine (C=N–C) groups is 1. The Labute approximate surface area is 473 Å². The molecule has 7 saturated heterocycles. The molecule has 1 aliphatic carbocycles. The fourth-order valence-corrected chi connectivity index (χ4v) is 15.2. The van der Waals surface area contributed by atoms with Crippen molar-refractivity contribution in [2.75, 3.05) is 117 Å². The zero-order valence-electron chi connectivity index (χ0n) is 47.8. The molecule has 0 unspecified atom stereocenters. The van der Waals surface area contributed by atoms with Crippen LogP contribution in [0.15, 0.2) is 28.9 Å². The van der Waals surface area contributed by atoms with E-state index >= 15 is 22.8 Å². The van der Waals surface area contributed by atoms with Crippen LogP contribution in [-0.2, 0) is 51.1 Å². The van der Waals surface area contributed by atoms with E-state index in [0.717, 1.165) is 90.0 Å². The average molecular weight is 1130 g/mol. The predicted molar refractivity (Wildman–Crippen MR) is 298 cm³/mol. The van der Waals surface area contributed by atoms with Crippen LogP contribution in [0.5, 0.6) is 0 Å². The van der Waals surface area contributed by atoms with Crippen molar-refractivity contribution in [3.63, 3.8) is 0 Å². The summed E-state index contributed by atoms with van der Waals surface area (Å²) in [6.45, 7) is 14.2. The third-order valence-corrected chi connectivity index (χ3v) is 19.6. The van der Waals surface area contributed by atoms with E-state index in [1.54, 1.807) is 13.2 Å². The quantitative estimate of drug-likeness (QED) is 0.229. The molecule has 1 aromatic carbocycles. The van der Waals surface area contributed by atoms with Crippen molar-refractivity contribution in [2.45, 2.75) is 153 Å². The number of hydrogen-bond acceptors (Lipinski definition) is 15. The van der Waals surface area contributed by atoms with Gasteiger partial charge < -0.3 is 43.9 Å². The topological polar surface area (TPSA) is 188 Å². The summed E-state index contributed by atoms with van der Waals surface area (Å²) in [4.78, 5) is 74.2. The Morgan fingerprint density at radius 3 is 2.56 bits per heavy atom. The first kappa shape index (κ1) is 56.8. The van der Waals surface area contributed by atoms with Crippen molar-refractivity contribution in [1.82, 2.24) is 45.2 Å². The molecule has 9 aliphatic heterocycles. The van der Waals surface area contributed by atoms with Crippen molar-refractivity contribution in [2.24, 2.45) is 21.7 Å². The Morgan fingerprint density at radius 2 is 1.77 bits per heavy atom. The number of carbonyl (C=O) groups is 4. The Balaban J connectivity index is 0.885. The molecule has 12 rings (SSSR count). The fraction of sp³-hybridized carbons (Fsp3) is 0.746. The molecule has 9 atom stereocenters. The number of piperazine rings is 1. The molecule has 8 fully saturated rings. The summed E-state index contributed by atoms with van der Waals surface area (Å²) in [5.74, 6) is -0.809. The van der Waals surface area contributed by atoms with E-state index in [1.807, 2.05) is 44.0 Å². The lowest BCUT2D eigenvalue weighted by molar-refractivity contribution is -0.156. The summed E-state index contributed by atoms with van der Waals surface area (Å²) in [5, 5.41) is 8.60. The monoisotopic (exact) mass is 1130 g/mol. The number of halogens is 3. The number of hydrogen-bond donors (Lipinski definition) is 3. The molecule has 0 radical (unpaired) electrons. The lowest BCUT2D eigenvalue weighted by atomic mass is 9.83. The summed E-state index contributed by atoms with van der Waals surface area (Å²) in [6, 6.07) is 3.30. The van der Waals surface area contributed by atoms with Crippen molar-refractivity contribution < 1.29 is 51.3 Å². The maximum absolute atomic E-state index is 15.3. The summed E-state index contributed by atoms with van der Waals surface area (Å²) in [7, 11) is 1.59. The molecule has 19 nitrogen and oxygen atoms in total. The normalized spacial score (nSPS) is 31.9. The second-order valence-corrected chi connectivity index (χ2v) is 26.0. The third-order valence-electron chi connectivity index (χ3n) is 19.6. The molecule has 1 saturated carbocycles. The SMILES string of the molecule is CO[C@@H](C)C1=C(c2c3c4cc(ccc4n2CC(F)(F)F)N2CCO[C@@H](C[C@H](NC(=O)[C@H](C4CCCC4)N4CC[C@]5(CCN(C(=O)[C@H]6CN6)C5)C4)C(=O)N4CCC[C@H](N4)C(=O)OCC(C)(C)C3)C2)C[C@@H](N2CCN3CCOC[C@@H]3C2)C=N1. The number of methoxy groups -OCH3 is 1. The number of nitrogens with one attached hydrogen (secondary N) is 3. The van der Waals surface area contributed by atoms with Gasteiger partial charge in [0.1, 0.15) is 18.6 Å². The number of rotatable bonds is 10. The van der Waals surface area contributed by atoms with Crippen LogP contribution in [0.1, 0.15) is 96.2 Å². The molecular formula is C59H84F3N11O8. The first-order valence-electron chi connectivity index (χ1n) is 30.2. The maximum Gasteiger partial charge on any atom is 0.406 e. The number of morpholine rings is 2. The highest BCUT2D eigenvalue weighted by molar-refractivity contribution is 5.95. The van der Waals surface area contributed by atoms with E-state index in [2.05, 4.69) is 35.7 Å². The highest BCUT2D eigenvalue weighted by Gasteiger charge is 2.51. The van der Waals surface area contributed by atoms with Crippen molar-refractivity contribution >= 4 is 52.1 Å². The number of fused-ring (bicyclic) bond motifs is 7. The third kappa shape index (κ3) is 12.0. The number of esters is 1. The molecule has 1 aromatic heterocycles. The first-order valence-corrected chi connectivity index (χ1v) is 30.2. The molecule has 10 heterocycles. The number of cyclic esters (lactones) is 1. The van der Waals surface area contributed by atoms with Crippen molar-refractivity contribution in [1.29, 1.82) is 0 Å². The van der Waals surface area contributed by atoms with Crippen LogP contribution < -0.4 is 21.0 Å². The van der Waals surface area contributed by atoms with E-state index in [1.165, 1.54) is 9.58 Å². The van der Waals surface area contributed by atoms with Crippen molar-refractivity contribution in [3.8, 4) is 0 Å². The van der Waals surface area contributed by atoms with Gasteiger partial charge in [-0.25, -0.2) is 5.43 Å². The second kappa shape index (κ2) is 23.1. The summed E-state index contributed by atoms with van der Waals surface area (Å²) >= 11 is 0. The van der Waals surface area contributed by atoms with E-state index < -0.39 is 54.4 Å². The van der Waals surface area contributed by atoms with E-state index in [9.17, 15) is 9.59 Å². The average Bonchev–Trinajstić information content (AvgIpc) is 3.99. The summed E-state index contributed by atoms with van der Waals surface area (Å²) in [5.41, 5.74) is 6.01. The Morgan fingerprint density at radius 1 is 0.963 bits per heavy atom. The predicted octanol–water partition coefficient (Wildman–Crippen LogP) is 3.97. The van der Waals surface area contributed by atoms with Crippen LogP contribution in [0.3, 0.4) is 0 Å². The van der Waals surface area contributed by atoms with Gasteiger partial charge in [-0.05, 0) is 94.5 Å². The Kier molecular flexibility index (Phi) is 16.2. The molecule has 6 bridgehead atoms. The van der Waals surface area contributed by atoms with Crippen LogP contribution in [0.25, 0.3) is 16.5 Å². The standard InChI is InChI=1S/C59H84F3N11O8/c1-37(78-4)50-44(25-40(28-64-50)68-19-18-67-20-22-79-32-41(67)30-68)52-45-27-57(2,3)36-81-56(77)46-10-7-15-73(66-46)55(76)47(26-42-31-69(21-23-80-42)39-11-12-49(43(45)24-39)72(52)35-59(60,61)62)65-53(74)51(38-8-5-6-9-38)70-16-13-58(33-70)14-17-71(34-58)54(75)48-29-63-48/h11-12,24,28,37-38,40-42,46-48,51,63,66H,5-10,13-23,25-27,29-36H2,1-4H3,(H,65,74)/t37-,40+,41-,42-,46-,47-,48+,51-,58-/m0/s1. The number of hydrazine groups is 1. The van der Waals surface area contributed by atoms with Crippen LogP contribution in [0.2, 0.25) is 0 Å². The van der Waals surface area contributed by atoms with Gasteiger partial charge >= 0.3 is 12.1 Å². The maximum atomic E-state index is 15.3. The number of anilines is 1. The minimum absolute atomic E-state index is 0.0475. The van der Waals surface area contributed by atoms with Gasteiger partial charge in [0.2, 0.25) is 11.8 Å². The fourth-order valence-electron chi connectivity index (χ4n) is 15.2. The molecule has 444 valence electrons. The van der Waals surface area contributed by atoms with Gasteiger partial charge in [-0.2, -0.15) is 13.2 Å². The Bertz CT molecular complexity index is 2760. The van der Waals surface area contributed by atoms with Gasteiger partial charge in [0, 0.05) is 137 Å². The first-order chi connectivity index (χ1) is 38.9. The number of ether oxygens (including phenoxy) is 4. The van der Waals surface area contributed by atoms with E-state index in [-0.39, 0.29) is 66.6 Å². The van der Waals surface area contributed by atoms with Crippen LogP contribution >= 0.6 is 0 Å². The van der Waals surface area contributed by atoms with Gasteiger partial charge in [0.05, 0.1) is 62.1 Å². The van der Waals surface area contributed by atoms with Crippen LogP contribution in [0.4, 0.5) is 18.9 Å². The molecule has 22 heteroatoms. The number of carbonyl (C=O) groups excluding carboxylic acids is 4. The zero-order valence-corrected chi connectivity index (χ0v) is 47.8. The number of alkyl halides is 3. The van der Waals surface area contributed by atoms with E-state index in [4.69, 9.17) is 23.9 Å². The molecule has 3 amide bonds. The minimum Gasteiger partial charge on any atom is -0.464 e. The second-order valence-electron chi connectivity index (χ2n) is 26.0. The molecule has 10 aliphatic rings. The molecule has 3 N–H and O–H groups in total. The van der Waals surface area contributed by atoms with Gasteiger partial charge in [-0.15, -0.1) is 0 Å². The molecular weight excluding hydrogens is 1050 g/mol. The number of nitrogens with zero attached hydrogens (tertiary/aromatic N) is 8. The van der Waals surface area contributed by atoms with Crippen LogP contribution in [0, 0.1) is 16.7 Å². The van der Waals surface area contributed by atoms with E-state index in [0.29, 0.717) is 105 Å².